The van der Waals surface area contributed by atoms with Crippen LogP contribution in [0.15, 0.2) is 29.3 Å². The molecule has 7 nitrogen and oxygen atoms in total. The van der Waals surface area contributed by atoms with Crippen LogP contribution in [0.4, 0.5) is 0 Å². The van der Waals surface area contributed by atoms with Crippen LogP contribution >= 0.6 is 0 Å². The van der Waals surface area contributed by atoms with E-state index < -0.39 is 11.6 Å². The minimum Gasteiger partial charge on any atom is -0.458 e. The number of pyridine rings is 3. The van der Waals surface area contributed by atoms with Gasteiger partial charge in [0.2, 0.25) is 0 Å². The fourth-order valence-corrected chi connectivity index (χ4v) is 4.62. The molecule has 1 atom stereocenters. The fraction of sp³-hybridized carbons (Fsp3) is 0.364. The molecule has 0 saturated carbocycles. The number of cyclic esters (lactones) is 1. The van der Waals surface area contributed by atoms with E-state index in [0.29, 0.717) is 23.4 Å². The number of ether oxygens (including phenoxy) is 1. The van der Waals surface area contributed by atoms with E-state index in [1.165, 1.54) is 5.56 Å². The van der Waals surface area contributed by atoms with Gasteiger partial charge in [-0.1, -0.05) is 13.8 Å². The van der Waals surface area contributed by atoms with Crippen LogP contribution in [-0.2, 0) is 41.8 Å². The second kappa shape index (κ2) is 5.97. The van der Waals surface area contributed by atoms with Gasteiger partial charge in [-0.15, -0.1) is 0 Å². The zero-order valence-corrected chi connectivity index (χ0v) is 16.7. The van der Waals surface area contributed by atoms with Crippen molar-refractivity contribution in [1.82, 2.24) is 9.55 Å². The number of carbonyl (C=O) groups excluding carboxylic acids is 1. The van der Waals surface area contributed by atoms with E-state index in [-0.39, 0.29) is 18.6 Å². The van der Waals surface area contributed by atoms with Crippen molar-refractivity contribution in [3.8, 4) is 11.4 Å². The van der Waals surface area contributed by atoms with E-state index in [4.69, 9.17) is 9.72 Å². The Hall–Kier alpha value is -3.06. The minimum absolute atomic E-state index is 0.113. The Morgan fingerprint density at radius 3 is 2.83 bits per heavy atom. The van der Waals surface area contributed by atoms with E-state index in [1.807, 2.05) is 24.0 Å². The third kappa shape index (κ3) is 2.28. The van der Waals surface area contributed by atoms with Gasteiger partial charge in [-0.2, -0.15) is 0 Å². The topological polar surface area (TPSA) is 85.3 Å². The Balaban J connectivity index is 1.84. The first kappa shape index (κ1) is 18.0. The third-order valence-electron chi connectivity index (χ3n) is 6.24. The van der Waals surface area contributed by atoms with Gasteiger partial charge in [0.05, 0.1) is 23.5 Å². The molecule has 2 aliphatic rings. The second-order valence-corrected chi connectivity index (χ2v) is 7.78. The molecule has 1 N–H and O–H groups in total. The summed E-state index contributed by atoms with van der Waals surface area (Å²) in [6.45, 7) is 4.12. The molecule has 0 radical (unpaired) electrons. The third-order valence-corrected chi connectivity index (χ3v) is 6.24. The van der Waals surface area contributed by atoms with Gasteiger partial charge in [0.25, 0.3) is 5.56 Å². The molecule has 0 fully saturated rings. The lowest BCUT2D eigenvalue weighted by Gasteiger charge is -2.31. The largest absolute Gasteiger partial charge is 0.458 e. The average molecular weight is 392 g/mol. The smallest absolute Gasteiger partial charge is 0.343 e. The minimum atomic E-state index is -1.80. The summed E-state index contributed by atoms with van der Waals surface area (Å²) in [5.41, 5.74) is 3.11. The summed E-state index contributed by atoms with van der Waals surface area (Å²) in [5, 5.41) is 12.0. The summed E-state index contributed by atoms with van der Waals surface area (Å²) in [7, 11) is 1.95. The lowest BCUT2D eigenvalue weighted by atomic mass is 9.86. The van der Waals surface area contributed by atoms with Crippen molar-refractivity contribution in [1.29, 1.82) is 0 Å². The van der Waals surface area contributed by atoms with Crippen LogP contribution in [0.25, 0.3) is 22.3 Å². The SMILES string of the molecule is CCc1c2c(nc3c[n+](C)ccc13)-c1cc3c(c(=O)n1C2)COC(=O)[C@]3(O)CC. The van der Waals surface area contributed by atoms with Crippen molar-refractivity contribution < 1.29 is 19.2 Å². The van der Waals surface area contributed by atoms with Crippen LogP contribution in [0.3, 0.4) is 0 Å². The van der Waals surface area contributed by atoms with Gasteiger partial charge in [-0.05, 0) is 24.5 Å². The molecular formula is C22H22N3O4+. The maximum atomic E-state index is 13.3. The van der Waals surface area contributed by atoms with E-state index in [9.17, 15) is 14.7 Å². The number of nitrogens with zero attached hydrogens (tertiary/aromatic N) is 3. The van der Waals surface area contributed by atoms with Crippen molar-refractivity contribution in [3.05, 3.63) is 57.1 Å². The molecule has 0 spiro atoms. The summed E-state index contributed by atoms with van der Waals surface area (Å²) >= 11 is 0. The Morgan fingerprint density at radius 2 is 2.10 bits per heavy atom. The lowest BCUT2D eigenvalue weighted by molar-refractivity contribution is -0.670. The highest BCUT2D eigenvalue weighted by Crippen LogP contribution is 2.40. The van der Waals surface area contributed by atoms with Crippen molar-refractivity contribution in [2.75, 3.05) is 0 Å². The Bertz CT molecular complexity index is 1280. The van der Waals surface area contributed by atoms with Crippen molar-refractivity contribution in [3.63, 3.8) is 0 Å². The highest BCUT2D eigenvalue weighted by molar-refractivity contribution is 5.88. The number of carbonyl (C=O) groups is 1. The molecule has 148 valence electrons. The van der Waals surface area contributed by atoms with Crippen LogP contribution in [0, 0.1) is 0 Å². The predicted molar refractivity (Wildman–Crippen MR) is 105 cm³/mol. The van der Waals surface area contributed by atoms with Crippen molar-refractivity contribution >= 4 is 16.9 Å². The van der Waals surface area contributed by atoms with Gasteiger partial charge < -0.3 is 14.4 Å². The first-order chi connectivity index (χ1) is 13.9. The summed E-state index contributed by atoms with van der Waals surface area (Å²) in [6.07, 6.45) is 4.91. The summed E-state index contributed by atoms with van der Waals surface area (Å²) in [6, 6.07) is 3.81. The first-order valence-electron chi connectivity index (χ1n) is 9.87. The number of esters is 1. The van der Waals surface area contributed by atoms with E-state index in [0.717, 1.165) is 28.6 Å². The molecule has 0 amide bonds. The van der Waals surface area contributed by atoms with Crippen LogP contribution in [0.1, 0.15) is 42.5 Å². The van der Waals surface area contributed by atoms with Gasteiger partial charge in [-0.3, -0.25) is 4.79 Å². The van der Waals surface area contributed by atoms with Gasteiger partial charge in [0.15, 0.2) is 18.0 Å². The molecule has 0 aliphatic carbocycles. The average Bonchev–Trinajstić information content (AvgIpc) is 3.08. The number of hydrogen-bond acceptors (Lipinski definition) is 5. The highest BCUT2D eigenvalue weighted by atomic mass is 16.6. The lowest BCUT2D eigenvalue weighted by Crippen LogP contribution is -2.44. The molecule has 7 heteroatoms. The monoisotopic (exact) mass is 392 g/mol. The second-order valence-electron chi connectivity index (χ2n) is 7.78. The summed E-state index contributed by atoms with van der Waals surface area (Å²) in [5.74, 6) is -0.706. The number of hydrogen-bond donors (Lipinski definition) is 1. The zero-order valence-electron chi connectivity index (χ0n) is 16.7. The Morgan fingerprint density at radius 1 is 1.31 bits per heavy atom. The van der Waals surface area contributed by atoms with Crippen LogP contribution in [-0.4, -0.2) is 20.6 Å². The van der Waals surface area contributed by atoms with E-state index >= 15 is 0 Å². The first-order valence-corrected chi connectivity index (χ1v) is 9.87. The molecule has 2 aliphatic heterocycles. The number of fused-ring (bicyclic) bond motifs is 5. The van der Waals surface area contributed by atoms with Crippen LogP contribution < -0.4 is 10.1 Å². The molecule has 5 heterocycles. The molecule has 3 aromatic heterocycles. The van der Waals surface area contributed by atoms with E-state index in [2.05, 4.69) is 13.0 Å². The standard InChI is InChI=1S/C22H22N3O4/c1-4-12-13-6-7-24(3)10-17(13)23-19-14(12)9-25-18(19)8-16-15(20(25)26)11-29-21(27)22(16,28)5-2/h6-8,10,28H,4-5,9,11H2,1-3H3/q+1/t22-/m0/s1. The maximum Gasteiger partial charge on any atom is 0.343 e. The number of aromatic nitrogens is 3. The molecule has 0 aromatic carbocycles. The molecule has 3 aromatic rings. The van der Waals surface area contributed by atoms with Gasteiger partial charge in [0, 0.05) is 22.6 Å². The summed E-state index contributed by atoms with van der Waals surface area (Å²) < 4.78 is 8.76. The molecular weight excluding hydrogens is 370 g/mol. The van der Waals surface area contributed by atoms with Gasteiger partial charge in [0.1, 0.15) is 19.2 Å². The van der Waals surface area contributed by atoms with Crippen LogP contribution in [0.5, 0.6) is 0 Å². The molecule has 0 bridgehead atoms. The van der Waals surface area contributed by atoms with Crippen LogP contribution in [0.2, 0.25) is 0 Å². The van der Waals surface area contributed by atoms with Gasteiger partial charge >= 0.3 is 5.97 Å². The molecule has 0 saturated heterocycles. The van der Waals surface area contributed by atoms with E-state index in [1.54, 1.807) is 17.6 Å². The quantitative estimate of drug-likeness (QED) is 0.412. The Kier molecular flexibility index (Phi) is 3.70. The Labute approximate surface area is 167 Å². The fourth-order valence-electron chi connectivity index (χ4n) is 4.62. The molecule has 0 unspecified atom stereocenters. The maximum absolute atomic E-state index is 13.3. The number of rotatable bonds is 2. The van der Waals surface area contributed by atoms with Crippen molar-refractivity contribution in [2.24, 2.45) is 7.05 Å². The molecule has 29 heavy (non-hydrogen) atoms. The van der Waals surface area contributed by atoms with Gasteiger partial charge in [-0.25, -0.2) is 14.3 Å². The zero-order chi connectivity index (χ0) is 20.5. The number of aryl methyl sites for hydroxylation is 2. The van der Waals surface area contributed by atoms with Crippen molar-refractivity contribution in [2.45, 2.75) is 45.4 Å². The molecule has 5 rings (SSSR count). The summed E-state index contributed by atoms with van der Waals surface area (Å²) in [4.78, 5) is 30.4. The normalized spacial score (nSPS) is 19.7. The highest BCUT2D eigenvalue weighted by Gasteiger charge is 2.45. The predicted octanol–water partition coefficient (Wildman–Crippen LogP) is 1.47. The number of aliphatic hydroxyl groups is 1.